The molecule has 1 saturated heterocycles. The van der Waals surface area contributed by atoms with Crippen LogP contribution < -0.4 is 9.64 Å². The lowest BCUT2D eigenvalue weighted by molar-refractivity contribution is -0.386. The van der Waals surface area contributed by atoms with Gasteiger partial charge in [0, 0.05) is 0 Å². The second-order valence-corrected chi connectivity index (χ2v) is 6.18. The lowest BCUT2D eigenvalue weighted by Crippen LogP contribution is -2.28. The number of rotatable bonds is 4. The number of carbonyl (C=O) groups is 1. The summed E-state index contributed by atoms with van der Waals surface area (Å²) < 4.78 is 5.08. The molecule has 1 aromatic heterocycles. The van der Waals surface area contributed by atoms with Crippen molar-refractivity contribution in [2.24, 2.45) is 0 Å². The van der Waals surface area contributed by atoms with Gasteiger partial charge in [0.15, 0.2) is 5.75 Å². The summed E-state index contributed by atoms with van der Waals surface area (Å²) in [5.74, 6) is 0.252. The van der Waals surface area contributed by atoms with Gasteiger partial charge in [-0.3, -0.25) is 19.8 Å². The molecule has 22 heavy (non-hydrogen) atoms. The average Bonchev–Trinajstić information content (AvgIpc) is 3.15. The monoisotopic (exact) mass is 338 g/mol. The highest BCUT2D eigenvalue weighted by molar-refractivity contribution is 8.00. The van der Waals surface area contributed by atoms with Crippen LogP contribution in [0.5, 0.6) is 5.75 Å². The standard InChI is InChI=1S/C12H10N4O4S2/c1-20-8-4-2-3-7(10(8)16(18)19)11-15(9(17)5-21-11)12-14-13-6-22-12/h2-4,6,11H,5H2,1H3/t11-/m1/s1. The first kappa shape index (κ1) is 14.7. The minimum absolute atomic E-state index is 0.133. The lowest BCUT2D eigenvalue weighted by Gasteiger charge is -2.21. The van der Waals surface area contributed by atoms with Gasteiger partial charge in [0.05, 0.1) is 23.3 Å². The number of hydrogen-bond acceptors (Lipinski definition) is 8. The van der Waals surface area contributed by atoms with Crippen LogP contribution >= 0.6 is 23.1 Å². The minimum atomic E-state index is -0.518. The predicted octanol–water partition coefficient (Wildman–Crippen LogP) is 2.23. The Morgan fingerprint density at radius 1 is 1.50 bits per heavy atom. The van der Waals surface area contributed by atoms with Crippen molar-refractivity contribution < 1.29 is 14.5 Å². The van der Waals surface area contributed by atoms with Crippen molar-refractivity contribution in [2.45, 2.75) is 5.37 Å². The van der Waals surface area contributed by atoms with Crippen molar-refractivity contribution >= 4 is 39.8 Å². The van der Waals surface area contributed by atoms with Crippen molar-refractivity contribution in [1.82, 2.24) is 10.2 Å². The number of aromatic nitrogens is 2. The van der Waals surface area contributed by atoms with Gasteiger partial charge in [0.25, 0.3) is 0 Å². The van der Waals surface area contributed by atoms with Gasteiger partial charge in [-0.05, 0) is 12.1 Å². The predicted molar refractivity (Wildman–Crippen MR) is 82.2 cm³/mol. The molecule has 1 fully saturated rings. The third-order valence-electron chi connectivity index (χ3n) is 3.12. The number of nitro groups is 1. The summed E-state index contributed by atoms with van der Waals surface area (Å²) in [6.07, 6.45) is 0. The number of amides is 1. The average molecular weight is 338 g/mol. The highest BCUT2D eigenvalue weighted by atomic mass is 32.2. The number of hydrogen-bond donors (Lipinski definition) is 0. The number of ether oxygens (including phenoxy) is 1. The maximum absolute atomic E-state index is 12.1. The fourth-order valence-electron chi connectivity index (χ4n) is 2.23. The Balaban J connectivity index is 2.10. The van der Waals surface area contributed by atoms with Crippen molar-refractivity contribution in [3.05, 3.63) is 39.4 Å². The van der Waals surface area contributed by atoms with E-state index in [2.05, 4.69) is 10.2 Å². The van der Waals surface area contributed by atoms with Crippen LogP contribution in [0.15, 0.2) is 23.7 Å². The normalized spacial score (nSPS) is 17.8. The number of para-hydroxylation sites is 1. The van der Waals surface area contributed by atoms with Crippen LogP contribution in [0.2, 0.25) is 0 Å². The molecule has 2 aromatic rings. The van der Waals surface area contributed by atoms with Crippen LogP contribution in [0, 0.1) is 10.1 Å². The zero-order valence-corrected chi connectivity index (χ0v) is 13.0. The molecular weight excluding hydrogens is 328 g/mol. The van der Waals surface area contributed by atoms with E-state index in [-0.39, 0.29) is 23.1 Å². The van der Waals surface area contributed by atoms with Crippen LogP contribution in [-0.4, -0.2) is 33.9 Å². The third-order valence-corrected chi connectivity index (χ3v) is 5.00. The molecule has 1 aliphatic heterocycles. The van der Waals surface area contributed by atoms with Crippen LogP contribution in [-0.2, 0) is 4.79 Å². The topological polar surface area (TPSA) is 98.5 Å². The van der Waals surface area contributed by atoms with Crippen LogP contribution in [0.3, 0.4) is 0 Å². The van der Waals surface area contributed by atoms with E-state index < -0.39 is 10.3 Å². The van der Waals surface area contributed by atoms with Gasteiger partial charge in [-0.25, -0.2) is 0 Å². The Kier molecular flexibility index (Phi) is 3.94. The largest absolute Gasteiger partial charge is 0.490 e. The number of nitrogens with zero attached hydrogens (tertiary/aromatic N) is 4. The Morgan fingerprint density at radius 3 is 2.95 bits per heavy atom. The Morgan fingerprint density at radius 2 is 2.32 bits per heavy atom. The van der Waals surface area contributed by atoms with E-state index in [0.29, 0.717) is 10.7 Å². The third kappa shape index (κ3) is 2.40. The fraction of sp³-hybridized carbons (Fsp3) is 0.250. The minimum Gasteiger partial charge on any atom is -0.490 e. The van der Waals surface area contributed by atoms with E-state index in [0.717, 1.165) is 0 Å². The fourth-order valence-corrected chi connectivity index (χ4v) is 4.08. The summed E-state index contributed by atoms with van der Waals surface area (Å²) in [7, 11) is 1.38. The van der Waals surface area contributed by atoms with E-state index in [1.165, 1.54) is 46.7 Å². The van der Waals surface area contributed by atoms with E-state index >= 15 is 0 Å². The molecule has 0 aliphatic carbocycles. The Labute approximate surface area is 133 Å². The van der Waals surface area contributed by atoms with E-state index in [1.54, 1.807) is 12.1 Å². The van der Waals surface area contributed by atoms with Crippen LogP contribution in [0.1, 0.15) is 10.9 Å². The SMILES string of the molecule is COc1cccc([C@H]2SCC(=O)N2c2nncs2)c1[N+](=O)[O-]. The number of thioether (sulfide) groups is 1. The molecule has 8 nitrogen and oxygen atoms in total. The van der Waals surface area contributed by atoms with E-state index in [9.17, 15) is 14.9 Å². The molecule has 1 amide bonds. The van der Waals surface area contributed by atoms with Crippen LogP contribution in [0.4, 0.5) is 10.8 Å². The van der Waals surface area contributed by atoms with Crippen molar-refractivity contribution in [1.29, 1.82) is 0 Å². The maximum atomic E-state index is 12.1. The smallest absolute Gasteiger partial charge is 0.317 e. The van der Waals surface area contributed by atoms with Gasteiger partial charge < -0.3 is 4.74 Å². The molecule has 0 unspecified atom stereocenters. The number of benzene rings is 1. The Hall–Kier alpha value is -2.20. The molecule has 114 valence electrons. The summed E-state index contributed by atoms with van der Waals surface area (Å²) in [5.41, 5.74) is 1.80. The second-order valence-electron chi connectivity index (χ2n) is 4.30. The van der Waals surface area contributed by atoms with E-state index in [1.807, 2.05) is 0 Å². The molecule has 10 heteroatoms. The highest BCUT2D eigenvalue weighted by Crippen LogP contribution is 2.47. The maximum Gasteiger partial charge on any atom is 0.317 e. The molecule has 2 heterocycles. The summed E-state index contributed by atoms with van der Waals surface area (Å²) >= 11 is 2.53. The quantitative estimate of drug-likeness (QED) is 0.622. The first-order valence-electron chi connectivity index (χ1n) is 6.14. The number of methoxy groups -OCH3 is 1. The van der Waals surface area contributed by atoms with Crippen molar-refractivity contribution in [2.75, 3.05) is 17.8 Å². The van der Waals surface area contributed by atoms with Gasteiger partial charge in [-0.15, -0.1) is 22.0 Å². The molecule has 0 saturated carbocycles. The summed E-state index contributed by atoms with van der Waals surface area (Å²) in [5, 5.41) is 19.0. The van der Waals surface area contributed by atoms with Gasteiger partial charge in [-0.2, -0.15) is 0 Å². The lowest BCUT2D eigenvalue weighted by atomic mass is 10.1. The first-order valence-corrected chi connectivity index (χ1v) is 8.07. The zero-order valence-electron chi connectivity index (χ0n) is 11.3. The number of nitro benzene ring substituents is 1. The molecule has 0 spiro atoms. The van der Waals surface area contributed by atoms with Gasteiger partial charge in [0.1, 0.15) is 10.9 Å². The number of anilines is 1. The van der Waals surface area contributed by atoms with Crippen molar-refractivity contribution in [3.8, 4) is 5.75 Å². The summed E-state index contributed by atoms with van der Waals surface area (Å²) in [6, 6.07) is 4.83. The van der Waals surface area contributed by atoms with Gasteiger partial charge >= 0.3 is 5.69 Å². The highest BCUT2D eigenvalue weighted by Gasteiger charge is 2.40. The molecule has 0 bridgehead atoms. The van der Waals surface area contributed by atoms with E-state index in [4.69, 9.17) is 4.74 Å². The van der Waals surface area contributed by atoms with Gasteiger partial charge in [0.2, 0.25) is 11.0 Å². The van der Waals surface area contributed by atoms with Gasteiger partial charge in [-0.1, -0.05) is 17.4 Å². The van der Waals surface area contributed by atoms with Crippen LogP contribution in [0.25, 0.3) is 0 Å². The Bertz CT molecular complexity index is 722. The number of carbonyl (C=O) groups excluding carboxylic acids is 1. The summed E-state index contributed by atoms with van der Waals surface area (Å²) in [6.45, 7) is 0. The zero-order chi connectivity index (χ0) is 15.7. The molecule has 0 radical (unpaired) electrons. The molecule has 0 N–H and O–H groups in total. The summed E-state index contributed by atoms with van der Waals surface area (Å²) in [4.78, 5) is 24.5. The second kappa shape index (κ2) is 5.89. The molecule has 1 aliphatic rings. The molecular formula is C12H10N4O4S2. The molecule has 1 atom stereocenters. The van der Waals surface area contributed by atoms with Crippen molar-refractivity contribution in [3.63, 3.8) is 0 Å². The first-order chi connectivity index (χ1) is 10.6. The molecule has 1 aromatic carbocycles. The molecule has 3 rings (SSSR count).